The minimum atomic E-state index is -1.03. The van der Waals surface area contributed by atoms with E-state index in [9.17, 15) is 14.7 Å². The van der Waals surface area contributed by atoms with Gasteiger partial charge in [-0.05, 0) is 37.1 Å². The number of aliphatic carboxylic acids is 1. The third kappa shape index (κ3) is 3.98. The van der Waals surface area contributed by atoms with Gasteiger partial charge >= 0.3 is 11.9 Å². The first kappa shape index (κ1) is 16.3. The van der Waals surface area contributed by atoms with Crippen LogP contribution < -0.4 is 4.74 Å². The molecular formula is C16H21NO5. The summed E-state index contributed by atoms with van der Waals surface area (Å²) in [6.45, 7) is 1.40. The van der Waals surface area contributed by atoms with Crippen LogP contribution in [-0.2, 0) is 11.3 Å². The summed E-state index contributed by atoms with van der Waals surface area (Å²) in [7, 11) is 1.44. The Morgan fingerprint density at radius 3 is 2.73 bits per heavy atom. The van der Waals surface area contributed by atoms with Crippen molar-refractivity contribution >= 4 is 11.9 Å². The molecule has 0 unspecified atom stereocenters. The highest BCUT2D eigenvalue weighted by Crippen LogP contribution is 2.25. The molecule has 120 valence electrons. The maximum absolute atomic E-state index is 11.3. The zero-order chi connectivity index (χ0) is 16.1. The molecule has 1 aromatic carbocycles. The third-order valence-corrected chi connectivity index (χ3v) is 4.04. The summed E-state index contributed by atoms with van der Waals surface area (Å²) < 4.78 is 5.05. The van der Waals surface area contributed by atoms with E-state index in [2.05, 4.69) is 4.90 Å². The second-order valence-electron chi connectivity index (χ2n) is 5.56. The van der Waals surface area contributed by atoms with E-state index in [-0.39, 0.29) is 18.0 Å². The summed E-state index contributed by atoms with van der Waals surface area (Å²) in [6.07, 6.45) is 3.08. The molecule has 0 aromatic heterocycles. The topological polar surface area (TPSA) is 87.1 Å². The molecule has 6 nitrogen and oxygen atoms in total. The summed E-state index contributed by atoms with van der Waals surface area (Å²) in [6, 6.07) is 5.10. The Kier molecular flexibility index (Phi) is 5.38. The molecule has 2 N–H and O–H groups in total. The second kappa shape index (κ2) is 7.26. The molecule has 2 rings (SSSR count). The average Bonchev–Trinajstić information content (AvgIpc) is 2.48. The lowest BCUT2D eigenvalue weighted by Crippen LogP contribution is -2.40. The van der Waals surface area contributed by atoms with Crippen molar-refractivity contribution in [1.29, 1.82) is 0 Å². The Bertz CT molecular complexity index is 557. The van der Waals surface area contributed by atoms with Crippen LogP contribution in [0.3, 0.4) is 0 Å². The van der Waals surface area contributed by atoms with E-state index in [1.54, 1.807) is 12.1 Å². The lowest BCUT2D eigenvalue weighted by Gasteiger charge is -2.35. The fourth-order valence-corrected chi connectivity index (χ4v) is 2.96. The average molecular weight is 307 g/mol. The standard InChI is InChI=1S/C16H21NO5/c1-22-14-6-5-11(8-13(14)16(20)21)10-17-7-3-2-4-12(17)9-15(18)19/h5-6,8,12H,2-4,7,9-10H2,1H3,(H,18,19)(H,20,21)/t12-/m0/s1. The zero-order valence-corrected chi connectivity index (χ0v) is 12.6. The van der Waals surface area contributed by atoms with Crippen molar-refractivity contribution in [1.82, 2.24) is 4.90 Å². The fraction of sp³-hybridized carbons (Fsp3) is 0.500. The van der Waals surface area contributed by atoms with Gasteiger partial charge in [0, 0.05) is 12.6 Å². The van der Waals surface area contributed by atoms with Gasteiger partial charge in [0.25, 0.3) is 0 Å². The molecule has 1 aliphatic heterocycles. The van der Waals surface area contributed by atoms with Crippen molar-refractivity contribution in [3.8, 4) is 5.75 Å². The monoisotopic (exact) mass is 307 g/mol. The smallest absolute Gasteiger partial charge is 0.339 e. The van der Waals surface area contributed by atoms with Crippen LogP contribution >= 0.6 is 0 Å². The van der Waals surface area contributed by atoms with E-state index in [1.807, 2.05) is 6.07 Å². The van der Waals surface area contributed by atoms with Crippen molar-refractivity contribution in [3.63, 3.8) is 0 Å². The number of carboxylic acids is 2. The number of ether oxygens (including phenoxy) is 1. The second-order valence-corrected chi connectivity index (χ2v) is 5.56. The van der Waals surface area contributed by atoms with Crippen LogP contribution in [0, 0.1) is 0 Å². The molecule has 0 bridgehead atoms. The number of nitrogens with zero attached hydrogens (tertiary/aromatic N) is 1. The molecule has 0 amide bonds. The number of methoxy groups -OCH3 is 1. The minimum Gasteiger partial charge on any atom is -0.496 e. The SMILES string of the molecule is COc1ccc(CN2CCCC[C@H]2CC(=O)O)cc1C(=O)O. The van der Waals surface area contributed by atoms with Gasteiger partial charge in [-0.1, -0.05) is 12.5 Å². The van der Waals surface area contributed by atoms with Gasteiger partial charge in [-0.15, -0.1) is 0 Å². The summed E-state index contributed by atoms with van der Waals surface area (Å²) in [4.78, 5) is 24.4. The fourth-order valence-electron chi connectivity index (χ4n) is 2.96. The van der Waals surface area contributed by atoms with E-state index >= 15 is 0 Å². The normalized spacial score (nSPS) is 18.9. The molecule has 22 heavy (non-hydrogen) atoms. The number of piperidine rings is 1. The first-order valence-electron chi connectivity index (χ1n) is 7.37. The van der Waals surface area contributed by atoms with Crippen LogP contribution in [0.25, 0.3) is 0 Å². The van der Waals surface area contributed by atoms with Gasteiger partial charge in [0.2, 0.25) is 0 Å². The molecule has 0 aliphatic carbocycles. The van der Waals surface area contributed by atoms with Crippen molar-refractivity contribution < 1.29 is 24.5 Å². The van der Waals surface area contributed by atoms with Crippen LogP contribution in [0.15, 0.2) is 18.2 Å². The van der Waals surface area contributed by atoms with Crippen LogP contribution in [0.1, 0.15) is 41.6 Å². The van der Waals surface area contributed by atoms with E-state index in [0.29, 0.717) is 12.3 Å². The van der Waals surface area contributed by atoms with Crippen molar-refractivity contribution in [3.05, 3.63) is 29.3 Å². The highest BCUT2D eigenvalue weighted by molar-refractivity contribution is 5.91. The van der Waals surface area contributed by atoms with Crippen molar-refractivity contribution in [2.24, 2.45) is 0 Å². The van der Waals surface area contributed by atoms with Crippen molar-refractivity contribution in [2.75, 3.05) is 13.7 Å². The number of hydrogen-bond acceptors (Lipinski definition) is 4. The number of rotatable bonds is 6. The first-order chi connectivity index (χ1) is 10.5. The zero-order valence-electron chi connectivity index (χ0n) is 12.6. The molecule has 0 radical (unpaired) electrons. The van der Waals surface area contributed by atoms with Gasteiger partial charge < -0.3 is 14.9 Å². The quantitative estimate of drug-likeness (QED) is 0.838. The molecule has 1 aliphatic rings. The Morgan fingerprint density at radius 2 is 2.09 bits per heavy atom. The third-order valence-electron chi connectivity index (χ3n) is 4.04. The lowest BCUT2D eigenvalue weighted by atomic mass is 9.98. The van der Waals surface area contributed by atoms with Gasteiger partial charge in [0.05, 0.1) is 13.5 Å². The lowest BCUT2D eigenvalue weighted by molar-refractivity contribution is -0.138. The molecule has 1 atom stereocenters. The van der Waals surface area contributed by atoms with Crippen LogP contribution in [0.2, 0.25) is 0 Å². The molecular weight excluding hydrogens is 286 g/mol. The van der Waals surface area contributed by atoms with Crippen LogP contribution in [0.5, 0.6) is 5.75 Å². The molecule has 1 aromatic rings. The Labute approximate surface area is 129 Å². The molecule has 1 saturated heterocycles. The number of aromatic carboxylic acids is 1. The van der Waals surface area contributed by atoms with Crippen LogP contribution in [0.4, 0.5) is 0 Å². The first-order valence-corrected chi connectivity index (χ1v) is 7.37. The highest BCUT2D eigenvalue weighted by atomic mass is 16.5. The number of benzene rings is 1. The Morgan fingerprint density at radius 1 is 1.32 bits per heavy atom. The van der Waals surface area contributed by atoms with Gasteiger partial charge in [0.15, 0.2) is 0 Å². The Balaban J connectivity index is 2.16. The van der Waals surface area contributed by atoms with E-state index < -0.39 is 11.9 Å². The highest BCUT2D eigenvalue weighted by Gasteiger charge is 2.25. The number of hydrogen-bond donors (Lipinski definition) is 2. The van der Waals surface area contributed by atoms with Crippen LogP contribution in [-0.4, -0.2) is 46.7 Å². The predicted octanol–water partition coefficient (Wildman–Crippen LogP) is 2.22. The predicted molar refractivity (Wildman–Crippen MR) is 80.3 cm³/mol. The molecule has 0 saturated carbocycles. The van der Waals surface area contributed by atoms with E-state index in [4.69, 9.17) is 9.84 Å². The Hall–Kier alpha value is -2.08. The van der Waals surface area contributed by atoms with Gasteiger partial charge in [-0.25, -0.2) is 4.79 Å². The number of carboxylic acid groups (broad SMARTS) is 2. The summed E-state index contributed by atoms with van der Waals surface area (Å²) in [5.74, 6) is -1.49. The van der Waals surface area contributed by atoms with Crippen molar-refractivity contribution in [2.45, 2.75) is 38.3 Å². The number of likely N-dealkylation sites (tertiary alicyclic amines) is 1. The molecule has 6 heteroatoms. The van der Waals surface area contributed by atoms with E-state index in [0.717, 1.165) is 31.4 Å². The van der Waals surface area contributed by atoms with Gasteiger partial charge in [0.1, 0.15) is 11.3 Å². The molecule has 0 spiro atoms. The molecule has 1 fully saturated rings. The summed E-state index contributed by atoms with van der Waals surface area (Å²) in [5.41, 5.74) is 0.988. The van der Waals surface area contributed by atoms with Gasteiger partial charge in [-0.2, -0.15) is 0 Å². The number of carbonyl (C=O) groups is 2. The molecule has 1 heterocycles. The maximum atomic E-state index is 11.3. The minimum absolute atomic E-state index is 0.0154. The maximum Gasteiger partial charge on any atom is 0.339 e. The largest absolute Gasteiger partial charge is 0.496 e. The summed E-state index contributed by atoms with van der Waals surface area (Å²) >= 11 is 0. The van der Waals surface area contributed by atoms with Gasteiger partial charge in [-0.3, -0.25) is 9.69 Å². The summed E-state index contributed by atoms with van der Waals surface area (Å²) in [5, 5.41) is 18.2. The van der Waals surface area contributed by atoms with E-state index in [1.165, 1.54) is 7.11 Å².